The number of nitrogens with one attached hydrogen (secondary N) is 1. The maximum Gasteiger partial charge on any atom is 0.404 e. The third kappa shape index (κ3) is 3.90. The van der Waals surface area contributed by atoms with Crippen molar-refractivity contribution in [1.82, 2.24) is 10.2 Å². The Kier molecular flexibility index (Phi) is 4.94. The van der Waals surface area contributed by atoms with Crippen molar-refractivity contribution in [3.05, 3.63) is 23.3 Å². The fourth-order valence-electron chi connectivity index (χ4n) is 3.52. The number of amides is 2. The second-order valence-corrected chi connectivity index (χ2v) is 6.98. The van der Waals surface area contributed by atoms with Crippen molar-refractivity contribution in [1.29, 1.82) is 0 Å². The first-order chi connectivity index (χ1) is 10.3. The number of likely N-dealkylation sites (tertiary alicyclic amines) is 1. The van der Waals surface area contributed by atoms with E-state index in [1.54, 1.807) is 11.0 Å². The highest BCUT2D eigenvalue weighted by atomic mass is 16.4. The average molecular weight is 306 g/mol. The smallest absolute Gasteiger partial charge is 0.404 e. The molecule has 122 valence electrons. The third-order valence-electron chi connectivity index (χ3n) is 4.76. The maximum atomic E-state index is 12.3. The first-order valence-corrected chi connectivity index (χ1v) is 7.96. The average Bonchev–Trinajstić information content (AvgIpc) is 2.84. The van der Waals surface area contributed by atoms with Gasteiger partial charge in [-0.3, -0.25) is 4.79 Å². The van der Waals surface area contributed by atoms with Crippen LogP contribution in [0.25, 0.3) is 0 Å². The molecule has 1 aliphatic heterocycles. The summed E-state index contributed by atoms with van der Waals surface area (Å²) in [5.74, 6) is -0.0311. The van der Waals surface area contributed by atoms with Crippen LogP contribution in [-0.4, -0.2) is 41.1 Å². The second-order valence-electron chi connectivity index (χ2n) is 6.98. The molecule has 2 amide bonds. The summed E-state index contributed by atoms with van der Waals surface area (Å²) in [6.07, 6.45) is 6.72. The summed E-state index contributed by atoms with van der Waals surface area (Å²) in [5.41, 5.74) is 2.76. The minimum absolute atomic E-state index is 0.0311. The van der Waals surface area contributed by atoms with Crippen molar-refractivity contribution in [2.45, 2.75) is 52.5 Å². The van der Waals surface area contributed by atoms with Crippen molar-refractivity contribution >= 4 is 12.0 Å². The highest BCUT2D eigenvalue weighted by Crippen LogP contribution is 2.40. The number of nitrogens with zero attached hydrogens (tertiary/aromatic N) is 1. The summed E-state index contributed by atoms with van der Waals surface area (Å²) in [7, 11) is 0. The quantitative estimate of drug-likeness (QED) is 0.788. The Morgan fingerprint density at radius 1 is 1.41 bits per heavy atom. The summed E-state index contributed by atoms with van der Waals surface area (Å²) >= 11 is 0. The molecule has 0 bridgehead atoms. The Balaban J connectivity index is 1.99. The van der Waals surface area contributed by atoms with Crippen LogP contribution in [0.3, 0.4) is 0 Å². The van der Waals surface area contributed by atoms with E-state index in [0.717, 1.165) is 12.8 Å². The summed E-state index contributed by atoms with van der Waals surface area (Å²) in [5, 5.41) is 11.2. The van der Waals surface area contributed by atoms with E-state index in [-0.39, 0.29) is 17.4 Å². The van der Waals surface area contributed by atoms with Crippen LogP contribution in [0, 0.1) is 5.41 Å². The van der Waals surface area contributed by atoms with E-state index in [0.29, 0.717) is 19.5 Å². The molecule has 0 saturated carbocycles. The molecule has 1 atom stereocenters. The zero-order chi connectivity index (χ0) is 16.3. The molecule has 5 heteroatoms. The number of allylic oxidation sites excluding steroid dienone is 3. The van der Waals surface area contributed by atoms with Gasteiger partial charge in [0.05, 0.1) is 6.04 Å². The first-order valence-electron chi connectivity index (χ1n) is 7.96. The highest BCUT2D eigenvalue weighted by Gasteiger charge is 2.28. The number of hydrogen-bond donors (Lipinski definition) is 2. The molecule has 22 heavy (non-hydrogen) atoms. The van der Waals surface area contributed by atoms with E-state index in [4.69, 9.17) is 5.11 Å². The van der Waals surface area contributed by atoms with Gasteiger partial charge in [0, 0.05) is 19.2 Å². The van der Waals surface area contributed by atoms with Gasteiger partial charge >= 0.3 is 6.09 Å². The second kappa shape index (κ2) is 6.55. The molecule has 2 rings (SSSR count). The van der Waals surface area contributed by atoms with Crippen LogP contribution in [0.4, 0.5) is 4.79 Å². The molecule has 5 nitrogen and oxygen atoms in total. The van der Waals surface area contributed by atoms with E-state index >= 15 is 0 Å². The monoisotopic (exact) mass is 306 g/mol. The van der Waals surface area contributed by atoms with Gasteiger partial charge in [0.25, 0.3) is 0 Å². The van der Waals surface area contributed by atoms with Gasteiger partial charge in [-0.25, -0.2) is 4.79 Å². The molecule has 0 aromatic rings. The Bertz CT molecular complexity index is 520. The van der Waals surface area contributed by atoms with E-state index in [9.17, 15) is 9.59 Å². The third-order valence-corrected chi connectivity index (χ3v) is 4.76. The summed E-state index contributed by atoms with van der Waals surface area (Å²) in [4.78, 5) is 24.6. The van der Waals surface area contributed by atoms with Crippen LogP contribution >= 0.6 is 0 Å². The first kappa shape index (κ1) is 16.6. The predicted molar refractivity (Wildman–Crippen MR) is 85.6 cm³/mol. The SMILES string of the molecule is CC1=C(/C=C/C(=O)N2CC[C@@H](NC(=O)O)C2)C(C)(C)CCC1. The minimum Gasteiger partial charge on any atom is -0.465 e. The Morgan fingerprint density at radius 3 is 2.77 bits per heavy atom. The number of rotatable bonds is 3. The van der Waals surface area contributed by atoms with Crippen molar-refractivity contribution in [3.63, 3.8) is 0 Å². The lowest BCUT2D eigenvalue weighted by Gasteiger charge is -2.33. The molecule has 0 unspecified atom stereocenters. The lowest BCUT2D eigenvalue weighted by Crippen LogP contribution is -2.37. The van der Waals surface area contributed by atoms with Crippen LogP contribution in [0.1, 0.15) is 46.5 Å². The normalized spacial score (nSPS) is 24.9. The number of carbonyl (C=O) groups is 2. The van der Waals surface area contributed by atoms with E-state index in [1.807, 2.05) is 6.08 Å². The van der Waals surface area contributed by atoms with Gasteiger partial charge in [-0.15, -0.1) is 0 Å². The van der Waals surface area contributed by atoms with Crippen LogP contribution < -0.4 is 5.32 Å². The summed E-state index contributed by atoms with van der Waals surface area (Å²) < 4.78 is 0. The molecular weight excluding hydrogens is 280 g/mol. The molecule has 0 aromatic heterocycles. The lowest BCUT2D eigenvalue weighted by atomic mass is 9.72. The zero-order valence-electron chi connectivity index (χ0n) is 13.7. The molecule has 2 N–H and O–H groups in total. The van der Waals surface area contributed by atoms with Crippen LogP contribution in [0.2, 0.25) is 0 Å². The molecule has 1 heterocycles. The minimum atomic E-state index is -1.03. The van der Waals surface area contributed by atoms with Crippen LogP contribution in [0.15, 0.2) is 23.3 Å². The molecular formula is C17H26N2O3. The molecule has 2 aliphatic rings. The van der Waals surface area contributed by atoms with Gasteiger partial charge in [0.1, 0.15) is 0 Å². The van der Waals surface area contributed by atoms with Crippen molar-refractivity contribution < 1.29 is 14.7 Å². The molecule has 0 radical (unpaired) electrons. The Hall–Kier alpha value is -1.78. The van der Waals surface area contributed by atoms with Gasteiger partial charge in [-0.2, -0.15) is 0 Å². The largest absolute Gasteiger partial charge is 0.465 e. The standard InChI is InChI=1S/C17H26N2O3/c1-12-5-4-9-17(2,3)14(12)6-7-15(20)19-10-8-13(11-19)18-16(21)22/h6-7,13,18H,4-5,8-11H2,1-3H3,(H,21,22)/b7-6+/t13-/m1/s1. The van der Waals surface area contributed by atoms with Gasteiger partial charge in [-0.1, -0.05) is 25.5 Å². The lowest BCUT2D eigenvalue weighted by molar-refractivity contribution is -0.125. The highest BCUT2D eigenvalue weighted by molar-refractivity contribution is 5.88. The van der Waals surface area contributed by atoms with Gasteiger partial charge in [0.15, 0.2) is 0 Å². The molecule has 1 aliphatic carbocycles. The van der Waals surface area contributed by atoms with Gasteiger partial charge in [0.2, 0.25) is 5.91 Å². The van der Waals surface area contributed by atoms with Crippen molar-refractivity contribution in [3.8, 4) is 0 Å². The number of carbonyl (C=O) groups excluding carboxylic acids is 1. The number of hydrogen-bond acceptors (Lipinski definition) is 2. The van der Waals surface area contributed by atoms with Crippen molar-refractivity contribution in [2.75, 3.05) is 13.1 Å². The molecule has 0 aromatic carbocycles. The fraction of sp³-hybridized carbons (Fsp3) is 0.647. The van der Waals surface area contributed by atoms with E-state index in [2.05, 4.69) is 26.1 Å². The predicted octanol–water partition coefficient (Wildman–Crippen LogP) is 2.94. The summed E-state index contributed by atoms with van der Waals surface area (Å²) in [6.45, 7) is 7.66. The molecule has 1 saturated heterocycles. The van der Waals surface area contributed by atoms with E-state index in [1.165, 1.54) is 17.6 Å². The molecule has 0 spiro atoms. The topological polar surface area (TPSA) is 69.6 Å². The summed E-state index contributed by atoms with van der Waals surface area (Å²) in [6, 6.07) is -0.151. The van der Waals surface area contributed by atoms with Crippen molar-refractivity contribution in [2.24, 2.45) is 5.41 Å². The van der Waals surface area contributed by atoms with Gasteiger partial charge in [-0.05, 0) is 43.6 Å². The Morgan fingerprint density at radius 2 is 2.14 bits per heavy atom. The van der Waals surface area contributed by atoms with Crippen LogP contribution in [0.5, 0.6) is 0 Å². The van der Waals surface area contributed by atoms with Crippen LogP contribution in [-0.2, 0) is 4.79 Å². The zero-order valence-corrected chi connectivity index (χ0v) is 13.7. The molecule has 1 fully saturated rings. The fourth-order valence-corrected chi connectivity index (χ4v) is 3.52. The maximum absolute atomic E-state index is 12.3. The Labute approximate surface area is 132 Å². The van der Waals surface area contributed by atoms with Gasteiger partial charge < -0.3 is 15.3 Å². The van der Waals surface area contributed by atoms with E-state index < -0.39 is 6.09 Å². The number of carboxylic acid groups (broad SMARTS) is 1.